The lowest BCUT2D eigenvalue weighted by Gasteiger charge is -2.27. The fraction of sp³-hybridized carbons (Fsp3) is 0.600. The van der Waals surface area contributed by atoms with Crippen molar-refractivity contribution in [2.45, 2.75) is 42.3 Å². The Bertz CT molecular complexity index is 853. The third kappa shape index (κ3) is 2.64. The van der Waals surface area contributed by atoms with Gasteiger partial charge >= 0.3 is 22.1 Å². The molecule has 0 N–H and O–H groups in total. The number of furan rings is 1. The Kier molecular flexibility index (Phi) is 4.34. The zero-order valence-electron chi connectivity index (χ0n) is 14.0. The molecule has 0 amide bonds. The fourth-order valence-electron chi connectivity index (χ4n) is 2.77. The molecule has 25 heavy (non-hydrogen) atoms. The van der Waals surface area contributed by atoms with Crippen LogP contribution in [-0.4, -0.2) is 31.4 Å². The molecule has 0 saturated carbocycles. The molecule has 1 aromatic rings. The van der Waals surface area contributed by atoms with E-state index in [4.69, 9.17) is 13.3 Å². The second kappa shape index (κ2) is 5.86. The maximum atomic E-state index is 12.5. The predicted molar refractivity (Wildman–Crippen MR) is 93.3 cm³/mol. The second-order valence-corrected chi connectivity index (χ2v) is 9.52. The van der Waals surface area contributed by atoms with Crippen molar-refractivity contribution in [3.63, 3.8) is 0 Å². The number of carbonyl (C=O) groups excluding carboxylic acids is 2. The van der Waals surface area contributed by atoms with Crippen molar-refractivity contribution in [1.29, 1.82) is 0 Å². The molecule has 3 unspecified atom stereocenters. The summed E-state index contributed by atoms with van der Waals surface area (Å²) < 4.78 is 44.2. The van der Waals surface area contributed by atoms with Crippen molar-refractivity contribution in [2.75, 3.05) is 7.11 Å². The second-order valence-electron chi connectivity index (χ2n) is 6.61. The fourth-order valence-corrected chi connectivity index (χ4v) is 4.81. The SMILES string of the molecule is CCC(C)(C)C(I)C(=O)Oc1c2oc3c1OS(=O)(=O)C3C2C(=O)OC. The van der Waals surface area contributed by atoms with E-state index in [2.05, 4.69) is 4.74 Å². The van der Waals surface area contributed by atoms with Crippen LogP contribution in [0.5, 0.6) is 11.5 Å². The third-order valence-electron chi connectivity index (χ3n) is 4.69. The van der Waals surface area contributed by atoms with Crippen LogP contribution < -0.4 is 8.92 Å². The first kappa shape index (κ1) is 18.5. The molecule has 2 bridgehead atoms. The number of rotatable bonds is 5. The van der Waals surface area contributed by atoms with Crippen LogP contribution in [0.25, 0.3) is 0 Å². The number of alkyl halides is 1. The quantitative estimate of drug-likeness (QED) is 0.272. The first-order valence-corrected chi connectivity index (χ1v) is 10.3. The Hall–Kier alpha value is -1.30. The van der Waals surface area contributed by atoms with Crippen LogP contribution in [0.2, 0.25) is 0 Å². The average Bonchev–Trinajstić information content (AvgIpc) is 3.15. The lowest BCUT2D eigenvalue weighted by Crippen LogP contribution is -2.34. The van der Waals surface area contributed by atoms with Gasteiger partial charge in [-0.3, -0.25) is 9.59 Å². The van der Waals surface area contributed by atoms with Crippen molar-refractivity contribution in [3.05, 3.63) is 11.5 Å². The Morgan fingerprint density at radius 1 is 1.32 bits per heavy atom. The number of ether oxygens (including phenoxy) is 2. The molecule has 138 valence electrons. The zero-order valence-corrected chi connectivity index (χ0v) is 17.0. The van der Waals surface area contributed by atoms with E-state index < -0.39 is 37.1 Å². The summed E-state index contributed by atoms with van der Waals surface area (Å²) in [6.45, 7) is 5.80. The number of hydrogen-bond donors (Lipinski definition) is 0. The maximum Gasteiger partial charge on any atom is 0.325 e. The molecule has 1 aromatic heterocycles. The van der Waals surface area contributed by atoms with Gasteiger partial charge in [-0.1, -0.05) is 43.4 Å². The summed E-state index contributed by atoms with van der Waals surface area (Å²) >= 11 is 1.98. The molecule has 3 atom stereocenters. The number of hydrogen-bond acceptors (Lipinski definition) is 8. The molecular formula is C15H17IO8S. The highest BCUT2D eigenvalue weighted by Crippen LogP contribution is 2.62. The highest BCUT2D eigenvalue weighted by atomic mass is 127. The monoisotopic (exact) mass is 484 g/mol. The lowest BCUT2D eigenvalue weighted by atomic mass is 9.86. The van der Waals surface area contributed by atoms with E-state index in [0.717, 1.165) is 13.5 Å². The van der Waals surface area contributed by atoms with E-state index in [-0.39, 0.29) is 28.4 Å². The van der Waals surface area contributed by atoms with Gasteiger partial charge in [-0.2, -0.15) is 8.42 Å². The smallest absolute Gasteiger partial charge is 0.325 e. The van der Waals surface area contributed by atoms with Gasteiger partial charge in [0.05, 0.1) is 7.11 Å². The molecule has 0 spiro atoms. The summed E-state index contributed by atoms with van der Waals surface area (Å²) in [4.78, 5) is 24.5. The largest absolute Gasteiger partial charge is 0.468 e. The van der Waals surface area contributed by atoms with Crippen molar-refractivity contribution < 1.29 is 36.1 Å². The molecule has 2 aliphatic rings. The van der Waals surface area contributed by atoms with Crippen molar-refractivity contribution in [3.8, 4) is 11.5 Å². The van der Waals surface area contributed by atoms with Gasteiger partial charge in [-0.25, -0.2) is 0 Å². The van der Waals surface area contributed by atoms with Crippen LogP contribution in [0.15, 0.2) is 4.42 Å². The summed E-state index contributed by atoms with van der Waals surface area (Å²) in [5.74, 6) is -2.95. The van der Waals surface area contributed by atoms with Crippen molar-refractivity contribution in [1.82, 2.24) is 0 Å². The van der Waals surface area contributed by atoms with Gasteiger partial charge in [0, 0.05) is 0 Å². The van der Waals surface area contributed by atoms with E-state index in [1.54, 1.807) is 0 Å². The first-order chi connectivity index (χ1) is 11.5. The summed E-state index contributed by atoms with van der Waals surface area (Å²) in [5, 5.41) is -1.28. The van der Waals surface area contributed by atoms with Gasteiger partial charge in [0.15, 0.2) is 16.8 Å². The van der Waals surface area contributed by atoms with E-state index in [0.29, 0.717) is 0 Å². The lowest BCUT2D eigenvalue weighted by molar-refractivity contribution is -0.143. The molecular weight excluding hydrogens is 467 g/mol. The number of fused-ring (bicyclic) bond motifs is 1. The average molecular weight is 484 g/mol. The summed E-state index contributed by atoms with van der Waals surface area (Å²) in [6, 6.07) is 0. The minimum Gasteiger partial charge on any atom is -0.468 e. The molecule has 0 aromatic carbocycles. The van der Waals surface area contributed by atoms with Crippen LogP contribution in [0.1, 0.15) is 49.9 Å². The van der Waals surface area contributed by atoms with Crippen LogP contribution in [-0.2, 0) is 24.4 Å². The number of methoxy groups -OCH3 is 1. The first-order valence-electron chi connectivity index (χ1n) is 7.58. The molecule has 2 aliphatic heterocycles. The molecule has 10 heteroatoms. The maximum absolute atomic E-state index is 12.5. The molecule has 0 aliphatic carbocycles. The van der Waals surface area contributed by atoms with E-state index in [1.807, 2.05) is 43.4 Å². The van der Waals surface area contributed by atoms with Gasteiger partial charge in [0.1, 0.15) is 9.84 Å². The molecule has 3 rings (SSSR count). The standard InChI is InChI=1S/C15H17IO8S/c1-5-15(2,3)12(16)14(18)23-8-7-6(13(17)21-4)11-10(22-7)9(8)24-25(11,19)20/h6,11-12H,5H2,1-4H3. The van der Waals surface area contributed by atoms with Crippen LogP contribution >= 0.6 is 22.6 Å². The van der Waals surface area contributed by atoms with Crippen molar-refractivity contribution in [2.24, 2.45) is 5.41 Å². The molecule has 8 nitrogen and oxygen atoms in total. The Morgan fingerprint density at radius 3 is 2.52 bits per heavy atom. The van der Waals surface area contributed by atoms with Gasteiger partial charge in [-0.05, 0) is 11.8 Å². The number of esters is 2. The van der Waals surface area contributed by atoms with E-state index in [1.165, 1.54) is 0 Å². The highest BCUT2D eigenvalue weighted by molar-refractivity contribution is 14.1. The summed E-state index contributed by atoms with van der Waals surface area (Å²) in [7, 11) is -2.95. The summed E-state index contributed by atoms with van der Waals surface area (Å²) in [5.41, 5.74) is -0.327. The van der Waals surface area contributed by atoms with E-state index in [9.17, 15) is 18.0 Å². The molecule has 0 radical (unpaired) electrons. The minimum atomic E-state index is -4.09. The van der Waals surface area contributed by atoms with Gasteiger partial charge in [-0.15, -0.1) is 0 Å². The summed E-state index contributed by atoms with van der Waals surface area (Å²) in [6.07, 6.45) is 0.740. The minimum absolute atomic E-state index is 0.0204. The van der Waals surface area contributed by atoms with Gasteiger partial charge < -0.3 is 18.1 Å². The third-order valence-corrected chi connectivity index (χ3v) is 8.39. The van der Waals surface area contributed by atoms with Gasteiger partial charge in [0.25, 0.3) is 0 Å². The van der Waals surface area contributed by atoms with Crippen molar-refractivity contribution >= 4 is 44.6 Å². The molecule has 0 saturated heterocycles. The Labute approximate surface area is 158 Å². The van der Waals surface area contributed by atoms with Crippen LogP contribution in [0, 0.1) is 5.41 Å². The van der Waals surface area contributed by atoms with Crippen LogP contribution in [0.3, 0.4) is 0 Å². The van der Waals surface area contributed by atoms with E-state index >= 15 is 0 Å². The number of halogens is 1. The number of carbonyl (C=O) groups is 2. The predicted octanol–water partition coefficient (Wildman–Crippen LogP) is 2.46. The van der Waals surface area contributed by atoms with Gasteiger partial charge in [0.2, 0.25) is 11.5 Å². The Morgan fingerprint density at radius 2 is 1.96 bits per heavy atom. The molecule has 0 fully saturated rings. The topological polar surface area (TPSA) is 109 Å². The normalized spacial score (nSPS) is 23.9. The zero-order chi connectivity index (χ0) is 18.7. The molecule has 3 heterocycles. The van der Waals surface area contributed by atoms with Crippen LogP contribution in [0.4, 0.5) is 0 Å². The Balaban J connectivity index is 1.98. The highest BCUT2D eigenvalue weighted by Gasteiger charge is 2.61.